The van der Waals surface area contributed by atoms with E-state index >= 15 is 0 Å². The molecule has 0 saturated heterocycles. The van der Waals surface area contributed by atoms with Gasteiger partial charge in [0.2, 0.25) is 5.78 Å². The van der Waals surface area contributed by atoms with Crippen molar-refractivity contribution in [3.05, 3.63) is 44.8 Å². The predicted molar refractivity (Wildman–Crippen MR) is 90.1 cm³/mol. The number of amides is 1. The molecule has 0 aliphatic heterocycles. The molecule has 1 amide bonds. The van der Waals surface area contributed by atoms with E-state index in [1.807, 2.05) is 0 Å². The molecule has 0 spiro atoms. The number of ketones is 1. The number of aromatic amines is 1. The van der Waals surface area contributed by atoms with Gasteiger partial charge in [0.1, 0.15) is 5.56 Å². The van der Waals surface area contributed by atoms with Crippen molar-refractivity contribution < 1.29 is 22.7 Å². The molecule has 1 heterocycles. The first-order chi connectivity index (χ1) is 11.6. The summed E-state index contributed by atoms with van der Waals surface area (Å²) < 4.78 is 29.3. The van der Waals surface area contributed by atoms with Gasteiger partial charge in [0.25, 0.3) is 5.56 Å². The molecule has 0 radical (unpaired) electrons. The van der Waals surface area contributed by atoms with Crippen molar-refractivity contribution in [3.8, 4) is 0 Å². The Morgan fingerprint density at radius 2 is 1.92 bits per heavy atom. The van der Waals surface area contributed by atoms with E-state index in [2.05, 4.69) is 15.2 Å². The van der Waals surface area contributed by atoms with Crippen molar-refractivity contribution in [1.82, 2.24) is 9.78 Å². The average molecular weight is 388 g/mol. The third kappa shape index (κ3) is 3.59. The SMILES string of the molecule is COC(=O)Nc1c(S(C)(=O)=O)ccc(C(=O)c2c[nH]n(C)c2=O)c1Cl. The van der Waals surface area contributed by atoms with Crippen molar-refractivity contribution in [2.45, 2.75) is 4.90 Å². The number of carbonyl (C=O) groups excluding carboxylic acids is 2. The second kappa shape index (κ2) is 6.73. The van der Waals surface area contributed by atoms with Crippen LogP contribution in [0.15, 0.2) is 28.0 Å². The fraction of sp³-hybridized carbons (Fsp3) is 0.214. The molecule has 25 heavy (non-hydrogen) atoms. The maximum atomic E-state index is 12.6. The molecule has 0 aliphatic carbocycles. The Balaban J connectivity index is 2.67. The van der Waals surface area contributed by atoms with Crippen molar-refractivity contribution in [3.63, 3.8) is 0 Å². The summed E-state index contributed by atoms with van der Waals surface area (Å²) in [4.78, 5) is 35.7. The first-order valence-corrected chi connectivity index (χ1v) is 9.01. The number of ether oxygens (including phenoxy) is 1. The van der Waals surface area contributed by atoms with Gasteiger partial charge in [-0.3, -0.25) is 19.6 Å². The van der Waals surface area contributed by atoms with E-state index in [-0.39, 0.29) is 26.7 Å². The van der Waals surface area contributed by atoms with Crippen LogP contribution < -0.4 is 10.9 Å². The third-order valence-electron chi connectivity index (χ3n) is 3.34. The lowest BCUT2D eigenvalue weighted by Crippen LogP contribution is -2.20. The number of hydrogen-bond acceptors (Lipinski definition) is 6. The number of rotatable bonds is 4. The van der Waals surface area contributed by atoms with Crippen molar-refractivity contribution in [2.75, 3.05) is 18.7 Å². The molecule has 9 nitrogen and oxygen atoms in total. The number of anilines is 1. The number of benzene rings is 1. The Kier molecular flexibility index (Phi) is 5.04. The molecule has 11 heteroatoms. The second-order valence-corrected chi connectivity index (χ2v) is 7.43. The molecule has 2 aromatic rings. The number of nitrogens with zero attached hydrogens (tertiary/aromatic N) is 1. The monoisotopic (exact) mass is 387 g/mol. The fourth-order valence-corrected chi connectivity index (χ4v) is 3.28. The highest BCUT2D eigenvalue weighted by atomic mass is 35.5. The zero-order valence-corrected chi connectivity index (χ0v) is 15.0. The van der Waals surface area contributed by atoms with E-state index in [1.165, 1.54) is 19.3 Å². The van der Waals surface area contributed by atoms with Gasteiger partial charge >= 0.3 is 6.09 Å². The maximum Gasteiger partial charge on any atom is 0.411 e. The molecule has 0 saturated carbocycles. The number of methoxy groups -OCH3 is 1. The molecular weight excluding hydrogens is 374 g/mol. The molecule has 0 fully saturated rings. The van der Waals surface area contributed by atoms with Gasteiger partial charge in [0.05, 0.1) is 22.7 Å². The lowest BCUT2D eigenvalue weighted by Gasteiger charge is -2.13. The van der Waals surface area contributed by atoms with Crippen LogP contribution in [-0.2, 0) is 21.6 Å². The summed E-state index contributed by atoms with van der Waals surface area (Å²) in [7, 11) is -1.25. The fourth-order valence-electron chi connectivity index (χ4n) is 2.08. The molecular formula is C14H14ClN3O6S. The van der Waals surface area contributed by atoms with E-state index in [1.54, 1.807) is 0 Å². The minimum atomic E-state index is -3.76. The Morgan fingerprint density at radius 3 is 2.40 bits per heavy atom. The highest BCUT2D eigenvalue weighted by Gasteiger charge is 2.25. The van der Waals surface area contributed by atoms with Crippen molar-refractivity contribution in [2.24, 2.45) is 7.05 Å². The Bertz CT molecular complexity index is 1020. The third-order valence-corrected chi connectivity index (χ3v) is 4.87. The first kappa shape index (κ1) is 18.7. The molecule has 1 aromatic heterocycles. The molecule has 1 aromatic carbocycles. The summed E-state index contributed by atoms with van der Waals surface area (Å²) >= 11 is 6.15. The standard InChI is InChI=1S/C14H14ClN3O6S/c1-18-13(20)8(6-16-18)12(19)7-4-5-9(25(3,22)23)11(10(7)15)17-14(21)24-2/h4-6,16H,1-3H3,(H,17,21). The highest BCUT2D eigenvalue weighted by Crippen LogP contribution is 2.34. The minimum Gasteiger partial charge on any atom is -0.453 e. The van der Waals surface area contributed by atoms with Gasteiger partial charge < -0.3 is 9.84 Å². The smallest absolute Gasteiger partial charge is 0.411 e. The van der Waals surface area contributed by atoms with Crippen LogP contribution in [0.5, 0.6) is 0 Å². The number of H-pyrrole nitrogens is 1. The summed E-state index contributed by atoms with van der Waals surface area (Å²) in [5.74, 6) is -0.722. The number of hydrogen-bond donors (Lipinski definition) is 2. The molecule has 134 valence electrons. The van der Waals surface area contributed by atoms with Crippen LogP contribution in [0.1, 0.15) is 15.9 Å². The van der Waals surface area contributed by atoms with Crippen molar-refractivity contribution >= 4 is 39.0 Å². The summed E-state index contributed by atoms with van der Waals surface area (Å²) in [6.45, 7) is 0. The van der Waals surface area contributed by atoms with Gasteiger partial charge in [-0.15, -0.1) is 0 Å². The predicted octanol–water partition coefficient (Wildman–Crippen LogP) is 1.18. The molecule has 0 unspecified atom stereocenters. The molecule has 2 rings (SSSR count). The van der Waals surface area contributed by atoms with E-state index in [4.69, 9.17) is 11.6 Å². The zero-order chi connectivity index (χ0) is 18.9. The number of aryl methyl sites for hydroxylation is 1. The molecule has 0 atom stereocenters. The van der Waals surface area contributed by atoms with Gasteiger partial charge in [0.15, 0.2) is 9.84 Å². The zero-order valence-electron chi connectivity index (χ0n) is 13.4. The minimum absolute atomic E-state index is 0.142. The highest BCUT2D eigenvalue weighted by molar-refractivity contribution is 7.90. The van der Waals surface area contributed by atoms with E-state index in [0.717, 1.165) is 24.1 Å². The van der Waals surface area contributed by atoms with Gasteiger partial charge in [-0.25, -0.2) is 13.2 Å². The lowest BCUT2D eigenvalue weighted by molar-refractivity contribution is 0.103. The summed E-state index contributed by atoms with van der Waals surface area (Å²) in [6, 6.07) is 2.30. The summed E-state index contributed by atoms with van der Waals surface area (Å²) in [5, 5.41) is 4.42. The van der Waals surface area contributed by atoms with Crippen LogP contribution in [0.2, 0.25) is 5.02 Å². The van der Waals surface area contributed by atoms with E-state index < -0.39 is 27.3 Å². The first-order valence-electron chi connectivity index (χ1n) is 6.74. The summed E-state index contributed by atoms with van der Waals surface area (Å²) in [6.07, 6.45) is 1.16. The number of aromatic nitrogens is 2. The lowest BCUT2D eigenvalue weighted by atomic mass is 10.1. The van der Waals surface area contributed by atoms with Gasteiger partial charge in [-0.1, -0.05) is 11.6 Å². The Labute approximate surface area is 147 Å². The number of sulfone groups is 1. The van der Waals surface area contributed by atoms with Crippen LogP contribution in [-0.4, -0.2) is 43.4 Å². The van der Waals surface area contributed by atoms with Gasteiger partial charge in [-0.05, 0) is 12.1 Å². The Morgan fingerprint density at radius 1 is 1.28 bits per heavy atom. The second-order valence-electron chi connectivity index (χ2n) is 5.07. The summed E-state index contributed by atoms with van der Waals surface area (Å²) in [5.41, 5.74) is -1.19. The number of halogens is 1. The van der Waals surface area contributed by atoms with Crippen LogP contribution >= 0.6 is 11.6 Å². The number of nitrogens with one attached hydrogen (secondary N) is 2. The van der Waals surface area contributed by atoms with Crippen LogP contribution in [0.4, 0.5) is 10.5 Å². The van der Waals surface area contributed by atoms with Crippen LogP contribution in [0.25, 0.3) is 0 Å². The van der Waals surface area contributed by atoms with Gasteiger partial charge in [-0.2, -0.15) is 0 Å². The molecule has 2 N–H and O–H groups in total. The van der Waals surface area contributed by atoms with Crippen LogP contribution in [0.3, 0.4) is 0 Å². The largest absolute Gasteiger partial charge is 0.453 e. The van der Waals surface area contributed by atoms with E-state index in [9.17, 15) is 22.8 Å². The van der Waals surface area contributed by atoms with Crippen LogP contribution in [0, 0.1) is 0 Å². The maximum absolute atomic E-state index is 12.6. The van der Waals surface area contributed by atoms with Gasteiger partial charge in [0, 0.05) is 25.1 Å². The Hall–Kier alpha value is -2.59. The average Bonchev–Trinajstić information content (AvgIpc) is 2.86. The van der Waals surface area contributed by atoms with Crippen molar-refractivity contribution in [1.29, 1.82) is 0 Å². The topological polar surface area (TPSA) is 127 Å². The van der Waals surface area contributed by atoms with E-state index in [0.29, 0.717) is 0 Å². The molecule has 0 bridgehead atoms. The number of carbonyl (C=O) groups is 2. The molecule has 0 aliphatic rings. The normalized spacial score (nSPS) is 11.2. The quantitative estimate of drug-likeness (QED) is 0.758.